The Bertz CT molecular complexity index is 430. The van der Waals surface area contributed by atoms with Gasteiger partial charge in [-0.3, -0.25) is 4.79 Å². The normalized spacial score (nSPS) is 13.2. The molecule has 1 atom stereocenters. The summed E-state index contributed by atoms with van der Waals surface area (Å²) in [6.07, 6.45) is 0.352. The van der Waals surface area contributed by atoms with Crippen LogP contribution >= 0.6 is 0 Å². The van der Waals surface area contributed by atoms with Crippen LogP contribution in [0, 0.1) is 0 Å². The first kappa shape index (κ1) is 14.6. The fourth-order valence-electron chi connectivity index (χ4n) is 1.91. The molecule has 0 amide bonds. The third kappa shape index (κ3) is 3.49. The predicted molar refractivity (Wildman–Crippen MR) is 71.9 cm³/mol. The van der Waals surface area contributed by atoms with E-state index in [2.05, 4.69) is 25.5 Å². The number of aromatic hydroxyl groups is 1. The molecule has 0 aliphatic carbocycles. The lowest BCUT2D eigenvalue weighted by Crippen LogP contribution is -2.13. The number of esters is 1. The molecule has 0 radical (unpaired) electrons. The average Bonchev–Trinajstić information content (AvgIpc) is 2.27. The lowest BCUT2D eigenvalue weighted by atomic mass is 9.83. The second kappa shape index (κ2) is 5.42. The van der Waals surface area contributed by atoms with Crippen molar-refractivity contribution in [2.45, 2.75) is 45.4 Å². The minimum absolute atomic E-state index is 0.0825. The highest BCUT2D eigenvalue weighted by Crippen LogP contribution is 2.33. The Balaban J connectivity index is 3.01. The Morgan fingerprint density at radius 3 is 2.50 bits per heavy atom. The molecule has 18 heavy (non-hydrogen) atoms. The number of hydrogen-bond acceptors (Lipinski definition) is 3. The van der Waals surface area contributed by atoms with Crippen LogP contribution in [0.15, 0.2) is 18.2 Å². The summed E-state index contributed by atoms with van der Waals surface area (Å²) in [5, 5.41) is 9.89. The Hall–Kier alpha value is -1.51. The van der Waals surface area contributed by atoms with E-state index in [1.807, 2.05) is 19.1 Å². The second-order valence-corrected chi connectivity index (χ2v) is 5.71. The molecule has 0 fully saturated rings. The van der Waals surface area contributed by atoms with E-state index in [9.17, 15) is 9.90 Å². The maximum atomic E-state index is 11.3. The van der Waals surface area contributed by atoms with Crippen LogP contribution in [-0.2, 0) is 14.9 Å². The first-order valence-electron chi connectivity index (χ1n) is 6.16. The van der Waals surface area contributed by atoms with Crippen LogP contribution < -0.4 is 0 Å². The van der Waals surface area contributed by atoms with Gasteiger partial charge in [-0.25, -0.2) is 0 Å². The molecular weight excluding hydrogens is 228 g/mol. The van der Waals surface area contributed by atoms with Crippen molar-refractivity contribution in [2.24, 2.45) is 0 Å². The molecule has 1 N–H and O–H groups in total. The molecule has 0 heterocycles. The minimum atomic E-state index is -0.215. The van der Waals surface area contributed by atoms with Gasteiger partial charge in [-0.05, 0) is 28.5 Å². The fraction of sp³-hybridized carbons (Fsp3) is 0.533. The zero-order chi connectivity index (χ0) is 13.9. The SMILES string of the molecule is COC(=O)CC(C)c1ccc(O)c(C(C)(C)C)c1. The van der Waals surface area contributed by atoms with Crippen LogP contribution in [0.4, 0.5) is 0 Å². The molecule has 0 spiro atoms. The minimum Gasteiger partial charge on any atom is -0.508 e. The summed E-state index contributed by atoms with van der Waals surface area (Å²) < 4.78 is 4.68. The summed E-state index contributed by atoms with van der Waals surface area (Å²) in [5.41, 5.74) is 1.82. The summed E-state index contributed by atoms with van der Waals surface area (Å²) in [6, 6.07) is 5.53. The molecule has 1 aromatic rings. The van der Waals surface area contributed by atoms with Gasteiger partial charge in [-0.1, -0.05) is 39.8 Å². The van der Waals surface area contributed by atoms with Crippen molar-refractivity contribution in [1.82, 2.24) is 0 Å². The molecule has 1 unspecified atom stereocenters. The van der Waals surface area contributed by atoms with Crippen LogP contribution in [0.3, 0.4) is 0 Å². The zero-order valence-electron chi connectivity index (χ0n) is 11.8. The number of methoxy groups -OCH3 is 1. The zero-order valence-corrected chi connectivity index (χ0v) is 11.8. The van der Waals surface area contributed by atoms with Crippen LogP contribution in [0.5, 0.6) is 5.75 Å². The number of benzene rings is 1. The Morgan fingerprint density at radius 2 is 2.00 bits per heavy atom. The summed E-state index contributed by atoms with van der Waals surface area (Å²) in [6.45, 7) is 8.14. The summed E-state index contributed by atoms with van der Waals surface area (Å²) >= 11 is 0. The smallest absolute Gasteiger partial charge is 0.306 e. The Kier molecular flexibility index (Phi) is 4.38. The van der Waals surface area contributed by atoms with E-state index in [1.165, 1.54) is 7.11 Å². The summed E-state index contributed by atoms with van der Waals surface area (Å²) in [5.74, 6) is 0.170. The largest absolute Gasteiger partial charge is 0.508 e. The van der Waals surface area contributed by atoms with Crippen molar-refractivity contribution < 1.29 is 14.6 Å². The van der Waals surface area contributed by atoms with E-state index < -0.39 is 0 Å². The average molecular weight is 250 g/mol. The van der Waals surface area contributed by atoms with Crippen molar-refractivity contribution in [3.8, 4) is 5.75 Å². The van der Waals surface area contributed by atoms with E-state index in [0.29, 0.717) is 12.2 Å². The number of phenolic OH excluding ortho intramolecular Hbond substituents is 1. The molecule has 0 saturated carbocycles. The molecule has 100 valence electrons. The first-order chi connectivity index (χ1) is 8.25. The molecule has 0 saturated heterocycles. The van der Waals surface area contributed by atoms with E-state index >= 15 is 0 Å². The van der Waals surface area contributed by atoms with Gasteiger partial charge in [0.2, 0.25) is 0 Å². The monoisotopic (exact) mass is 250 g/mol. The van der Waals surface area contributed by atoms with E-state index in [-0.39, 0.29) is 17.3 Å². The van der Waals surface area contributed by atoms with Crippen LogP contribution in [0.25, 0.3) is 0 Å². The van der Waals surface area contributed by atoms with Gasteiger partial charge in [0.15, 0.2) is 0 Å². The third-order valence-corrected chi connectivity index (χ3v) is 3.10. The summed E-state index contributed by atoms with van der Waals surface area (Å²) in [4.78, 5) is 11.3. The first-order valence-corrected chi connectivity index (χ1v) is 6.16. The van der Waals surface area contributed by atoms with E-state index in [4.69, 9.17) is 0 Å². The number of carbonyl (C=O) groups is 1. The molecule has 3 nitrogen and oxygen atoms in total. The maximum Gasteiger partial charge on any atom is 0.306 e. The van der Waals surface area contributed by atoms with Gasteiger partial charge in [-0.15, -0.1) is 0 Å². The Labute approximate surface area is 109 Å². The lowest BCUT2D eigenvalue weighted by molar-refractivity contribution is -0.140. The molecule has 0 bridgehead atoms. The molecule has 0 aliphatic rings. The number of carbonyl (C=O) groups excluding carboxylic acids is 1. The standard InChI is InChI=1S/C15H22O3/c1-10(8-14(17)18-5)11-6-7-13(16)12(9-11)15(2,3)4/h6-7,9-10,16H,8H2,1-5H3. The predicted octanol–water partition coefficient (Wildman–Crippen LogP) is 3.36. The van der Waals surface area contributed by atoms with Gasteiger partial charge in [0.25, 0.3) is 0 Å². The van der Waals surface area contributed by atoms with Crippen molar-refractivity contribution in [3.05, 3.63) is 29.3 Å². The highest BCUT2D eigenvalue weighted by molar-refractivity contribution is 5.70. The van der Waals surface area contributed by atoms with Crippen LogP contribution in [0.2, 0.25) is 0 Å². The van der Waals surface area contributed by atoms with Crippen LogP contribution in [-0.4, -0.2) is 18.2 Å². The highest BCUT2D eigenvalue weighted by Gasteiger charge is 2.20. The molecular formula is C15H22O3. The van der Waals surface area contributed by atoms with E-state index in [0.717, 1.165) is 11.1 Å². The summed E-state index contributed by atoms with van der Waals surface area (Å²) in [7, 11) is 1.40. The number of phenols is 1. The molecule has 0 aromatic heterocycles. The topological polar surface area (TPSA) is 46.5 Å². The lowest BCUT2D eigenvalue weighted by Gasteiger charge is -2.22. The van der Waals surface area contributed by atoms with Gasteiger partial charge in [0.05, 0.1) is 13.5 Å². The quantitative estimate of drug-likeness (QED) is 0.837. The molecule has 0 aliphatic heterocycles. The van der Waals surface area contributed by atoms with Gasteiger partial charge in [-0.2, -0.15) is 0 Å². The van der Waals surface area contributed by atoms with Crippen molar-refractivity contribution in [3.63, 3.8) is 0 Å². The van der Waals surface area contributed by atoms with E-state index in [1.54, 1.807) is 6.07 Å². The van der Waals surface area contributed by atoms with Gasteiger partial charge in [0.1, 0.15) is 5.75 Å². The highest BCUT2D eigenvalue weighted by atomic mass is 16.5. The third-order valence-electron chi connectivity index (χ3n) is 3.10. The molecule has 1 aromatic carbocycles. The molecule has 1 rings (SSSR count). The second-order valence-electron chi connectivity index (χ2n) is 5.71. The number of ether oxygens (including phenoxy) is 1. The fourth-order valence-corrected chi connectivity index (χ4v) is 1.91. The van der Waals surface area contributed by atoms with Gasteiger partial charge < -0.3 is 9.84 Å². The Morgan fingerprint density at radius 1 is 1.39 bits per heavy atom. The van der Waals surface area contributed by atoms with Crippen molar-refractivity contribution >= 4 is 5.97 Å². The maximum absolute atomic E-state index is 11.3. The van der Waals surface area contributed by atoms with Gasteiger partial charge in [0, 0.05) is 0 Å². The van der Waals surface area contributed by atoms with Gasteiger partial charge >= 0.3 is 5.97 Å². The van der Waals surface area contributed by atoms with Crippen LogP contribution in [0.1, 0.15) is 51.2 Å². The number of rotatable bonds is 3. The number of hydrogen-bond donors (Lipinski definition) is 1. The van der Waals surface area contributed by atoms with Crippen molar-refractivity contribution in [2.75, 3.05) is 7.11 Å². The molecule has 3 heteroatoms. The van der Waals surface area contributed by atoms with Crippen molar-refractivity contribution in [1.29, 1.82) is 0 Å².